The lowest BCUT2D eigenvalue weighted by Gasteiger charge is -2.23. The second kappa shape index (κ2) is 5.89. The summed E-state index contributed by atoms with van der Waals surface area (Å²) in [7, 11) is -3.62. The summed E-state index contributed by atoms with van der Waals surface area (Å²) in [4.78, 5) is 2.35. The summed E-state index contributed by atoms with van der Waals surface area (Å²) in [5, 5.41) is 3.34. The van der Waals surface area contributed by atoms with Crippen molar-refractivity contribution < 1.29 is 8.42 Å². The first-order valence-electron chi connectivity index (χ1n) is 7.38. The molecule has 1 aliphatic heterocycles. The Balaban J connectivity index is 1.72. The maximum atomic E-state index is 12.6. The van der Waals surface area contributed by atoms with Gasteiger partial charge in [-0.05, 0) is 36.4 Å². The van der Waals surface area contributed by atoms with Gasteiger partial charge in [0.05, 0.1) is 22.0 Å². The Hall–Kier alpha value is -2.44. The summed E-state index contributed by atoms with van der Waals surface area (Å²) in [6.45, 7) is 0. The van der Waals surface area contributed by atoms with Gasteiger partial charge in [-0.2, -0.15) is 0 Å². The zero-order valence-electron chi connectivity index (χ0n) is 12.6. The van der Waals surface area contributed by atoms with Crippen LogP contribution in [-0.4, -0.2) is 8.42 Å². The van der Waals surface area contributed by atoms with Crippen LogP contribution >= 0.6 is 11.8 Å². The summed E-state index contributed by atoms with van der Waals surface area (Å²) in [6.07, 6.45) is 0. The molecule has 0 saturated heterocycles. The van der Waals surface area contributed by atoms with E-state index >= 15 is 0 Å². The Kier molecular flexibility index (Phi) is 3.70. The van der Waals surface area contributed by atoms with Crippen molar-refractivity contribution in [1.29, 1.82) is 0 Å². The minimum absolute atomic E-state index is 0.242. The van der Waals surface area contributed by atoms with Gasteiger partial charge in [-0.15, -0.1) is 0 Å². The minimum atomic E-state index is -3.62. The average Bonchev–Trinajstić information content (AvgIpc) is 2.61. The SMILES string of the molecule is O=S(=O)(Nc1cccc2c1Nc1ccccc1S2)c1ccccc1. The van der Waals surface area contributed by atoms with Crippen molar-refractivity contribution in [3.63, 3.8) is 0 Å². The van der Waals surface area contributed by atoms with Crippen LogP contribution in [0.2, 0.25) is 0 Å². The number of hydrogen-bond acceptors (Lipinski definition) is 4. The Morgan fingerprint density at radius 1 is 0.792 bits per heavy atom. The number of anilines is 3. The van der Waals surface area contributed by atoms with Crippen molar-refractivity contribution >= 4 is 38.8 Å². The standard InChI is InChI=1S/C18H14N2O2S2/c21-24(22,13-7-2-1-3-8-13)20-15-10-6-12-17-18(15)19-14-9-4-5-11-16(14)23-17/h1-12,19-20H. The molecule has 1 aliphatic rings. The monoisotopic (exact) mass is 354 g/mol. The predicted octanol–water partition coefficient (Wildman–Crippen LogP) is 4.70. The van der Waals surface area contributed by atoms with Crippen molar-refractivity contribution in [2.24, 2.45) is 0 Å². The number of rotatable bonds is 3. The van der Waals surface area contributed by atoms with Gasteiger partial charge in [-0.1, -0.05) is 48.2 Å². The fourth-order valence-electron chi connectivity index (χ4n) is 2.55. The highest BCUT2D eigenvalue weighted by atomic mass is 32.2. The second-order valence-electron chi connectivity index (χ2n) is 5.32. The fourth-order valence-corrected chi connectivity index (χ4v) is 4.66. The molecule has 0 spiro atoms. The Morgan fingerprint density at radius 2 is 1.50 bits per heavy atom. The molecule has 6 heteroatoms. The van der Waals surface area contributed by atoms with Gasteiger partial charge in [-0.3, -0.25) is 4.72 Å². The van der Waals surface area contributed by atoms with E-state index in [0.29, 0.717) is 5.69 Å². The average molecular weight is 354 g/mol. The smallest absolute Gasteiger partial charge is 0.261 e. The molecule has 0 fully saturated rings. The van der Waals surface area contributed by atoms with E-state index in [1.54, 1.807) is 48.2 Å². The molecule has 24 heavy (non-hydrogen) atoms. The fraction of sp³-hybridized carbons (Fsp3) is 0. The zero-order valence-corrected chi connectivity index (χ0v) is 14.2. The Morgan fingerprint density at radius 3 is 2.33 bits per heavy atom. The lowest BCUT2D eigenvalue weighted by molar-refractivity contribution is 0.601. The van der Waals surface area contributed by atoms with Crippen LogP contribution in [0.3, 0.4) is 0 Å². The van der Waals surface area contributed by atoms with Crippen molar-refractivity contribution in [3.8, 4) is 0 Å². The van der Waals surface area contributed by atoms with Crippen LogP contribution in [-0.2, 0) is 10.0 Å². The summed E-state index contributed by atoms with van der Waals surface area (Å²) in [5.74, 6) is 0. The van der Waals surface area contributed by atoms with E-state index < -0.39 is 10.0 Å². The molecule has 0 bridgehead atoms. The molecular weight excluding hydrogens is 340 g/mol. The molecule has 0 amide bonds. The van der Waals surface area contributed by atoms with E-state index in [1.165, 1.54) is 0 Å². The molecule has 4 nitrogen and oxygen atoms in total. The van der Waals surface area contributed by atoms with Crippen LogP contribution in [0.15, 0.2) is 87.5 Å². The summed E-state index contributed by atoms with van der Waals surface area (Å²) in [6, 6.07) is 21.9. The summed E-state index contributed by atoms with van der Waals surface area (Å²) in [5.41, 5.74) is 2.29. The number of benzene rings is 3. The van der Waals surface area contributed by atoms with Gasteiger partial charge >= 0.3 is 0 Å². The molecule has 0 aromatic heterocycles. The highest BCUT2D eigenvalue weighted by Crippen LogP contribution is 2.47. The number of nitrogens with one attached hydrogen (secondary N) is 2. The zero-order chi connectivity index (χ0) is 16.6. The molecule has 0 saturated carbocycles. The van der Waals surface area contributed by atoms with Crippen molar-refractivity contribution in [2.75, 3.05) is 10.0 Å². The molecule has 1 heterocycles. The normalized spacial score (nSPS) is 12.7. The van der Waals surface area contributed by atoms with E-state index in [4.69, 9.17) is 0 Å². The molecule has 0 atom stereocenters. The Bertz CT molecular complexity index is 1000. The quantitative estimate of drug-likeness (QED) is 0.560. The van der Waals surface area contributed by atoms with Gasteiger partial charge in [0, 0.05) is 9.79 Å². The predicted molar refractivity (Wildman–Crippen MR) is 97.5 cm³/mol. The van der Waals surface area contributed by atoms with Crippen LogP contribution in [0.1, 0.15) is 0 Å². The van der Waals surface area contributed by atoms with Crippen molar-refractivity contribution in [2.45, 2.75) is 14.7 Å². The van der Waals surface area contributed by atoms with Gasteiger partial charge in [0.1, 0.15) is 0 Å². The topological polar surface area (TPSA) is 58.2 Å². The summed E-state index contributed by atoms with van der Waals surface area (Å²) >= 11 is 1.62. The second-order valence-corrected chi connectivity index (χ2v) is 8.09. The molecule has 2 N–H and O–H groups in total. The number of para-hydroxylation sites is 2. The maximum Gasteiger partial charge on any atom is 0.261 e. The highest BCUT2D eigenvalue weighted by Gasteiger charge is 2.21. The first-order valence-corrected chi connectivity index (χ1v) is 9.68. The van der Waals surface area contributed by atoms with Crippen LogP contribution < -0.4 is 10.0 Å². The van der Waals surface area contributed by atoms with Crippen LogP contribution in [0.25, 0.3) is 0 Å². The highest BCUT2D eigenvalue weighted by molar-refractivity contribution is 7.99. The van der Waals surface area contributed by atoms with Gasteiger partial charge in [0.25, 0.3) is 10.0 Å². The molecule has 0 unspecified atom stereocenters. The molecule has 120 valence electrons. The molecular formula is C18H14N2O2S2. The molecule has 0 aliphatic carbocycles. The van der Waals surface area contributed by atoms with Crippen molar-refractivity contribution in [3.05, 3.63) is 72.8 Å². The van der Waals surface area contributed by atoms with Gasteiger partial charge in [-0.25, -0.2) is 8.42 Å². The van der Waals surface area contributed by atoms with Gasteiger partial charge in [0.2, 0.25) is 0 Å². The lowest BCUT2D eigenvalue weighted by Crippen LogP contribution is -2.14. The van der Waals surface area contributed by atoms with E-state index in [0.717, 1.165) is 21.2 Å². The third-order valence-corrected chi connectivity index (χ3v) is 6.21. The minimum Gasteiger partial charge on any atom is -0.352 e. The number of hydrogen-bond donors (Lipinski definition) is 2. The van der Waals surface area contributed by atoms with Crippen LogP contribution in [0, 0.1) is 0 Å². The van der Waals surface area contributed by atoms with Gasteiger partial charge in [0.15, 0.2) is 0 Å². The van der Waals surface area contributed by atoms with E-state index in [1.807, 2.05) is 36.4 Å². The first-order chi connectivity index (χ1) is 11.6. The summed E-state index contributed by atoms with van der Waals surface area (Å²) < 4.78 is 27.9. The van der Waals surface area contributed by atoms with Crippen LogP contribution in [0.5, 0.6) is 0 Å². The number of fused-ring (bicyclic) bond motifs is 2. The largest absolute Gasteiger partial charge is 0.352 e. The lowest BCUT2D eigenvalue weighted by atomic mass is 10.2. The van der Waals surface area contributed by atoms with E-state index in [-0.39, 0.29) is 4.90 Å². The maximum absolute atomic E-state index is 12.6. The molecule has 3 aromatic rings. The van der Waals surface area contributed by atoms with E-state index in [2.05, 4.69) is 10.0 Å². The van der Waals surface area contributed by atoms with Crippen LogP contribution in [0.4, 0.5) is 17.1 Å². The third kappa shape index (κ3) is 2.74. The number of sulfonamides is 1. The van der Waals surface area contributed by atoms with E-state index in [9.17, 15) is 8.42 Å². The molecule has 4 rings (SSSR count). The Labute approximate surface area is 145 Å². The first kappa shape index (κ1) is 15.1. The van der Waals surface area contributed by atoms with Crippen molar-refractivity contribution in [1.82, 2.24) is 0 Å². The van der Waals surface area contributed by atoms with Gasteiger partial charge < -0.3 is 5.32 Å². The third-order valence-electron chi connectivity index (χ3n) is 3.69. The molecule has 0 radical (unpaired) electrons. The molecule has 3 aromatic carbocycles.